The molecule has 1 atom stereocenters. The van der Waals surface area contributed by atoms with E-state index in [1.807, 2.05) is 99.6 Å². The summed E-state index contributed by atoms with van der Waals surface area (Å²) in [5.41, 5.74) is 0.279. The molecule has 0 aliphatic carbocycles. The highest BCUT2D eigenvalue weighted by Gasteiger charge is 2.40. The van der Waals surface area contributed by atoms with Gasteiger partial charge in [-0.15, -0.1) is 0 Å². The number of carbonyl (C=O) groups excluding carboxylic acids is 3. The van der Waals surface area contributed by atoms with E-state index in [2.05, 4.69) is 10.6 Å². The van der Waals surface area contributed by atoms with Gasteiger partial charge < -0.3 is 39.2 Å². The van der Waals surface area contributed by atoms with Crippen molar-refractivity contribution in [3.8, 4) is 5.75 Å². The standard InChI is InChI=1S/C42H56N4O8/c1-41(2,3)54-40(49)44-21-12-24-51-26-28-52-27-25-50-23-11-20-43-39(48)42(31-38(47)46(4)22-19-33-13-7-5-8-14-33)30-35-29-36(17-18-37(35)45-42)53-32-34-15-9-6-10-16-34/h5-10,13-18,29-30H,11-12,19-28,31-32H2,1-4H3,(H,43,48)(H,44,49). The van der Waals surface area contributed by atoms with E-state index in [1.165, 1.54) is 0 Å². The van der Waals surface area contributed by atoms with Gasteiger partial charge in [0.25, 0.3) is 5.91 Å². The van der Waals surface area contributed by atoms with Gasteiger partial charge in [-0.1, -0.05) is 60.7 Å². The predicted molar refractivity (Wildman–Crippen MR) is 207 cm³/mol. The fraction of sp³-hybridized carbons (Fsp3) is 0.476. The maximum Gasteiger partial charge on any atom is 0.407 e. The van der Waals surface area contributed by atoms with Crippen LogP contribution in [0.4, 0.5) is 4.79 Å². The molecule has 0 spiro atoms. The Bertz CT molecular complexity index is 1730. The third-order valence-corrected chi connectivity index (χ3v) is 8.41. The van der Waals surface area contributed by atoms with E-state index in [-0.39, 0.29) is 18.2 Å². The first-order valence-electron chi connectivity index (χ1n) is 18.7. The Labute approximate surface area is 318 Å². The zero-order chi connectivity index (χ0) is 38.7. The number of ether oxygens (including phenoxy) is 5. The van der Waals surface area contributed by atoms with Gasteiger partial charge in [0.1, 0.15) is 18.0 Å². The van der Waals surface area contributed by atoms with Crippen LogP contribution in [0.2, 0.25) is 0 Å². The number of alkyl carbamates (subject to hydrolysis) is 1. The number of amides is 3. The molecule has 4 rings (SSSR count). The third-order valence-electron chi connectivity index (χ3n) is 8.41. The highest BCUT2D eigenvalue weighted by molar-refractivity contribution is 5.98. The van der Waals surface area contributed by atoms with Crippen molar-refractivity contribution in [1.82, 2.24) is 15.5 Å². The van der Waals surface area contributed by atoms with Crippen LogP contribution in [-0.4, -0.2) is 100 Å². The molecule has 0 fully saturated rings. The SMILES string of the molecule is CN(CCc1ccccc1)C(=O)CC1(C(=O)NCCCOCCOCCOCCCNC(=O)OC(C)(C)C)C=c2cc(OCc3ccccc3)ccc2=N1. The van der Waals surface area contributed by atoms with Crippen molar-refractivity contribution >= 4 is 24.0 Å². The van der Waals surface area contributed by atoms with Crippen molar-refractivity contribution in [3.05, 3.63) is 101 Å². The first-order chi connectivity index (χ1) is 26.0. The topological polar surface area (TPSA) is 137 Å². The van der Waals surface area contributed by atoms with Crippen LogP contribution in [-0.2, 0) is 41.6 Å². The molecule has 3 amide bonds. The molecule has 0 bridgehead atoms. The van der Waals surface area contributed by atoms with Gasteiger partial charge in [0.15, 0.2) is 5.54 Å². The molecule has 1 aliphatic heterocycles. The maximum atomic E-state index is 13.8. The molecule has 12 nitrogen and oxygen atoms in total. The van der Waals surface area contributed by atoms with Gasteiger partial charge >= 0.3 is 6.09 Å². The molecule has 1 unspecified atom stereocenters. The summed E-state index contributed by atoms with van der Waals surface area (Å²) < 4.78 is 28.0. The average molecular weight is 745 g/mol. The van der Waals surface area contributed by atoms with E-state index >= 15 is 0 Å². The monoisotopic (exact) mass is 744 g/mol. The Kier molecular flexibility index (Phi) is 16.9. The number of hydrogen-bond acceptors (Lipinski definition) is 9. The molecular formula is C42H56N4O8. The van der Waals surface area contributed by atoms with Crippen LogP contribution in [0.3, 0.4) is 0 Å². The molecule has 292 valence electrons. The Hall–Kier alpha value is -4.78. The number of rotatable bonds is 23. The second-order valence-corrected chi connectivity index (χ2v) is 14.1. The van der Waals surface area contributed by atoms with Gasteiger partial charge in [0, 0.05) is 45.1 Å². The van der Waals surface area contributed by atoms with Gasteiger partial charge in [0.2, 0.25) is 5.91 Å². The normalized spacial score (nSPS) is 14.7. The second kappa shape index (κ2) is 21.8. The predicted octanol–water partition coefficient (Wildman–Crippen LogP) is 3.98. The molecule has 1 heterocycles. The highest BCUT2D eigenvalue weighted by atomic mass is 16.6. The van der Waals surface area contributed by atoms with Crippen molar-refractivity contribution in [3.63, 3.8) is 0 Å². The number of hydrogen-bond donors (Lipinski definition) is 2. The number of nitrogens with zero attached hydrogens (tertiary/aromatic N) is 2. The number of likely N-dealkylation sites (N-methyl/N-ethyl adjacent to an activating group) is 1. The summed E-state index contributed by atoms with van der Waals surface area (Å²) in [5.74, 6) is 0.155. The Morgan fingerprint density at radius 3 is 1.98 bits per heavy atom. The van der Waals surface area contributed by atoms with Gasteiger partial charge in [-0.05, 0) is 75.4 Å². The van der Waals surface area contributed by atoms with E-state index in [4.69, 9.17) is 28.7 Å². The fourth-order valence-electron chi connectivity index (χ4n) is 5.55. The van der Waals surface area contributed by atoms with Gasteiger partial charge in [-0.3, -0.25) is 14.6 Å². The average Bonchev–Trinajstić information content (AvgIpc) is 3.53. The van der Waals surface area contributed by atoms with Crippen molar-refractivity contribution in [1.29, 1.82) is 0 Å². The van der Waals surface area contributed by atoms with Crippen molar-refractivity contribution < 1.29 is 38.1 Å². The first kappa shape index (κ1) is 42.0. The number of nitrogens with one attached hydrogen (secondary N) is 2. The number of carbonyl (C=O) groups is 3. The van der Waals surface area contributed by atoms with E-state index in [1.54, 1.807) is 18.0 Å². The van der Waals surface area contributed by atoms with Crippen LogP contribution in [0.25, 0.3) is 6.08 Å². The molecular weight excluding hydrogens is 688 g/mol. The Morgan fingerprint density at radius 1 is 0.759 bits per heavy atom. The fourth-order valence-corrected chi connectivity index (χ4v) is 5.55. The smallest absolute Gasteiger partial charge is 0.407 e. The van der Waals surface area contributed by atoms with Crippen LogP contribution in [0.5, 0.6) is 5.75 Å². The summed E-state index contributed by atoms with van der Waals surface area (Å²) in [5, 5.41) is 7.08. The van der Waals surface area contributed by atoms with Gasteiger partial charge in [-0.25, -0.2) is 4.79 Å². The summed E-state index contributed by atoms with van der Waals surface area (Å²) in [7, 11) is 1.76. The summed E-state index contributed by atoms with van der Waals surface area (Å²) in [6, 6.07) is 25.4. The van der Waals surface area contributed by atoms with Crippen LogP contribution >= 0.6 is 0 Å². The van der Waals surface area contributed by atoms with E-state index in [9.17, 15) is 14.4 Å². The molecule has 3 aromatic carbocycles. The summed E-state index contributed by atoms with van der Waals surface area (Å²) in [6.07, 6.45) is 3.22. The lowest BCUT2D eigenvalue weighted by Gasteiger charge is -2.26. The van der Waals surface area contributed by atoms with Crippen molar-refractivity contribution in [2.75, 3.05) is 66.3 Å². The van der Waals surface area contributed by atoms with Gasteiger partial charge in [-0.2, -0.15) is 0 Å². The molecule has 12 heteroatoms. The molecule has 3 aromatic rings. The quantitative estimate of drug-likeness (QED) is 0.139. The zero-order valence-corrected chi connectivity index (χ0v) is 32.1. The minimum absolute atomic E-state index is 0.0977. The first-order valence-corrected chi connectivity index (χ1v) is 18.7. The van der Waals surface area contributed by atoms with Crippen LogP contribution in [0.15, 0.2) is 83.9 Å². The van der Waals surface area contributed by atoms with Crippen LogP contribution < -0.4 is 25.9 Å². The number of benzene rings is 3. The van der Waals surface area contributed by atoms with Gasteiger partial charge in [0.05, 0.1) is 38.2 Å². The summed E-state index contributed by atoms with van der Waals surface area (Å²) in [4.78, 5) is 45.5. The molecule has 0 radical (unpaired) electrons. The second-order valence-electron chi connectivity index (χ2n) is 14.1. The maximum absolute atomic E-state index is 13.8. The largest absolute Gasteiger partial charge is 0.489 e. The zero-order valence-electron chi connectivity index (χ0n) is 32.1. The Morgan fingerprint density at radius 2 is 1.35 bits per heavy atom. The molecule has 0 aromatic heterocycles. The lowest BCUT2D eigenvalue weighted by molar-refractivity contribution is -0.134. The lowest BCUT2D eigenvalue weighted by atomic mass is 9.93. The van der Waals surface area contributed by atoms with E-state index in [0.29, 0.717) is 96.3 Å². The number of fused-ring (bicyclic) bond motifs is 1. The molecule has 54 heavy (non-hydrogen) atoms. The van der Waals surface area contributed by atoms with E-state index < -0.39 is 17.2 Å². The molecule has 0 saturated carbocycles. The molecule has 2 N–H and O–H groups in total. The Balaban J connectivity index is 1.19. The summed E-state index contributed by atoms with van der Waals surface area (Å²) in [6.45, 7) is 9.88. The van der Waals surface area contributed by atoms with Crippen LogP contribution in [0.1, 0.15) is 51.2 Å². The van der Waals surface area contributed by atoms with Crippen molar-refractivity contribution in [2.45, 2.75) is 64.2 Å². The molecule has 1 aliphatic rings. The van der Waals surface area contributed by atoms with E-state index in [0.717, 1.165) is 16.3 Å². The summed E-state index contributed by atoms with van der Waals surface area (Å²) >= 11 is 0. The minimum Gasteiger partial charge on any atom is -0.489 e. The van der Waals surface area contributed by atoms with Crippen LogP contribution in [0, 0.1) is 0 Å². The third kappa shape index (κ3) is 14.9. The molecule has 0 saturated heterocycles. The van der Waals surface area contributed by atoms with Crippen molar-refractivity contribution in [2.24, 2.45) is 4.99 Å². The lowest BCUT2D eigenvalue weighted by Crippen LogP contribution is -2.47. The highest BCUT2D eigenvalue weighted by Crippen LogP contribution is 2.23. The minimum atomic E-state index is -1.39.